The van der Waals surface area contributed by atoms with Crippen molar-refractivity contribution in [3.05, 3.63) is 28.2 Å². The second-order valence-corrected chi connectivity index (χ2v) is 3.80. The van der Waals surface area contributed by atoms with E-state index in [0.29, 0.717) is 10.7 Å². The number of hydrogen-bond acceptors (Lipinski definition) is 3. The van der Waals surface area contributed by atoms with Crippen molar-refractivity contribution in [2.24, 2.45) is 4.36 Å². The van der Waals surface area contributed by atoms with Gasteiger partial charge in [-0.05, 0) is 18.2 Å². The number of rotatable bonds is 1. The molecular weight excluding hydrogens is 263 g/mol. The number of amides is 2. The van der Waals surface area contributed by atoms with E-state index in [1.165, 1.54) is 18.2 Å². The Morgan fingerprint density at radius 2 is 1.93 bits per heavy atom. The third-order valence-corrected chi connectivity index (χ3v) is 2.38. The van der Waals surface area contributed by atoms with Crippen molar-refractivity contribution in [3.8, 4) is 0 Å². The normalized spacial score (nSPS) is 9.47. The molecule has 0 unspecified atom stereocenters. The Kier molecular flexibility index (Phi) is 4.07. The number of carbonyl (C=O) groups is 1. The molecule has 0 radical (unpaired) electrons. The van der Waals surface area contributed by atoms with Crippen LogP contribution >= 0.6 is 23.2 Å². The van der Waals surface area contributed by atoms with Gasteiger partial charge in [0.1, 0.15) is 0 Å². The summed E-state index contributed by atoms with van der Waals surface area (Å²) in [4.78, 5) is 10.9. The Morgan fingerprint density at radius 1 is 1.27 bits per heavy atom. The van der Waals surface area contributed by atoms with E-state index in [0.717, 1.165) is 0 Å². The van der Waals surface area contributed by atoms with Crippen LogP contribution in [0.25, 0.3) is 0 Å². The lowest BCUT2D eigenvalue weighted by Crippen LogP contribution is -2.05. The molecule has 0 bridgehead atoms. The van der Waals surface area contributed by atoms with E-state index in [4.69, 9.17) is 23.2 Å². The topological polar surface area (TPSA) is 75.6 Å². The van der Waals surface area contributed by atoms with Gasteiger partial charge in [-0.3, -0.25) is 0 Å². The molecule has 0 aliphatic heterocycles. The molecule has 1 rings (SSSR count). The van der Waals surface area contributed by atoms with Crippen molar-refractivity contribution in [1.82, 2.24) is 0 Å². The number of anilines is 1. The minimum absolute atomic E-state index is 0.248. The van der Waals surface area contributed by atoms with Gasteiger partial charge in [-0.2, -0.15) is 8.42 Å². The fourth-order valence-corrected chi connectivity index (χ4v) is 1.27. The molecule has 0 saturated heterocycles. The molecule has 0 heterocycles. The average molecular weight is 267 g/mol. The van der Waals surface area contributed by atoms with Gasteiger partial charge in [0.15, 0.2) is 0 Å². The second kappa shape index (κ2) is 5.11. The molecule has 1 N–H and O–H groups in total. The fourth-order valence-electron chi connectivity index (χ4n) is 0.788. The Hall–Kier alpha value is -1.11. The first-order valence-corrected chi connectivity index (χ1v) is 5.35. The van der Waals surface area contributed by atoms with E-state index in [-0.39, 0.29) is 5.02 Å². The van der Waals surface area contributed by atoms with Crippen molar-refractivity contribution in [1.29, 1.82) is 0 Å². The highest BCUT2D eigenvalue weighted by molar-refractivity contribution is 7.62. The first kappa shape index (κ1) is 12.0. The molecule has 0 atom stereocenters. The van der Waals surface area contributed by atoms with Gasteiger partial charge in [0, 0.05) is 5.69 Å². The zero-order valence-corrected chi connectivity index (χ0v) is 9.40. The number of nitrogens with one attached hydrogen (secondary N) is 1. The first-order chi connectivity index (χ1) is 6.99. The van der Waals surface area contributed by atoms with Gasteiger partial charge in [0.05, 0.1) is 10.0 Å². The quantitative estimate of drug-likeness (QED) is 0.849. The highest BCUT2D eigenvalue weighted by atomic mass is 35.5. The molecule has 5 nitrogen and oxygen atoms in total. The molecule has 1 aromatic rings. The van der Waals surface area contributed by atoms with E-state index in [2.05, 4.69) is 9.68 Å². The third kappa shape index (κ3) is 3.86. The largest absolute Gasteiger partial charge is 0.360 e. The lowest BCUT2D eigenvalue weighted by molar-refractivity contribution is 0.260. The van der Waals surface area contributed by atoms with Crippen molar-refractivity contribution in [3.63, 3.8) is 0 Å². The van der Waals surface area contributed by atoms with Gasteiger partial charge in [-0.25, -0.2) is 4.79 Å². The second-order valence-electron chi connectivity index (χ2n) is 2.37. The van der Waals surface area contributed by atoms with Crippen LogP contribution in [-0.2, 0) is 10.5 Å². The number of hydrogen-bond donors (Lipinski definition) is 1. The smallest absolute Gasteiger partial charge is 0.305 e. The summed E-state index contributed by atoms with van der Waals surface area (Å²) in [6.07, 6.45) is 0. The molecular formula is C7H4Cl2N2O3S. The summed E-state index contributed by atoms with van der Waals surface area (Å²) in [6, 6.07) is 3.32. The summed E-state index contributed by atoms with van der Waals surface area (Å²) in [5.74, 6) is 0. The summed E-state index contributed by atoms with van der Waals surface area (Å²) in [5, 5.41) is 2.78. The van der Waals surface area contributed by atoms with E-state index >= 15 is 0 Å². The summed E-state index contributed by atoms with van der Waals surface area (Å²) < 4.78 is 22.8. The summed E-state index contributed by atoms with van der Waals surface area (Å²) in [6.45, 7) is 0. The van der Waals surface area contributed by atoms with E-state index in [1.807, 2.05) is 0 Å². The van der Waals surface area contributed by atoms with Gasteiger partial charge in [0.2, 0.25) is 0 Å². The molecule has 8 heteroatoms. The minimum Gasteiger partial charge on any atom is -0.305 e. The van der Waals surface area contributed by atoms with Gasteiger partial charge < -0.3 is 5.32 Å². The lowest BCUT2D eigenvalue weighted by Gasteiger charge is -2.01. The van der Waals surface area contributed by atoms with Gasteiger partial charge in [-0.15, -0.1) is 0 Å². The van der Waals surface area contributed by atoms with Gasteiger partial charge in [-0.1, -0.05) is 27.6 Å². The maximum atomic E-state index is 10.9. The maximum absolute atomic E-state index is 10.9. The van der Waals surface area contributed by atoms with Crippen LogP contribution in [0.1, 0.15) is 0 Å². The predicted octanol–water partition coefficient (Wildman–Crippen LogP) is 2.59. The Morgan fingerprint density at radius 3 is 2.47 bits per heavy atom. The molecule has 1 aromatic carbocycles. The number of benzene rings is 1. The van der Waals surface area contributed by atoms with Gasteiger partial charge in [0.25, 0.3) is 0 Å². The van der Waals surface area contributed by atoms with Crippen LogP contribution in [0.2, 0.25) is 10.0 Å². The number of urea groups is 1. The first-order valence-electron chi connectivity index (χ1n) is 3.56. The molecule has 0 spiro atoms. The van der Waals surface area contributed by atoms with Crippen LogP contribution in [0.4, 0.5) is 10.5 Å². The number of carbonyl (C=O) groups excluding carboxylic acids is 1. The molecule has 0 saturated carbocycles. The highest BCUT2D eigenvalue weighted by Gasteiger charge is 2.03. The highest BCUT2D eigenvalue weighted by Crippen LogP contribution is 2.24. The standard InChI is InChI=1S/C7H4Cl2N2O3S/c8-5-2-1-4(3-6(5)9)10-7(12)11-15(13)14/h1-3H,(H,10,12). The maximum Gasteiger partial charge on any atom is 0.360 e. The Balaban J connectivity index is 2.87. The third-order valence-electron chi connectivity index (χ3n) is 1.33. The van der Waals surface area contributed by atoms with Crippen LogP contribution in [0.5, 0.6) is 0 Å². The predicted molar refractivity (Wildman–Crippen MR) is 56.8 cm³/mol. The van der Waals surface area contributed by atoms with Crippen molar-refractivity contribution in [2.45, 2.75) is 0 Å². The van der Waals surface area contributed by atoms with Crippen LogP contribution in [0, 0.1) is 0 Å². The van der Waals surface area contributed by atoms with E-state index in [1.54, 1.807) is 0 Å². The molecule has 2 amide bonds. The molecule has 0 aliphatic carbocycles. The molecule has 0 fully saturated rings. The molecule has 15 heavy (non-hydrogen) atoms. The van der Waals surface area contributed by atoms with Crippen molar-refractivity contribution >= 4 is 45.4 Å². The lowest BCUT2D eigenvalue weighted by atomic mass is 10.3. The molecule has 0 aliphatic rings. The SMILES string of the molecule is O=C(N=S(=O)=O)Nc1ccc(Cl)c(Cl)c1. The van der Waals surface area contributed by atoms with E-state index in [9.17, 15) is 13.2 Å². The van der Waals surface area contributed by atoms with Crippen molar-refractivity contribution < 1.29 is 13.2 Å². The zero-order chi connectivity index (χ0) is 11.4. The van der Waals surface area contributed by atoms with Crippen LogP contribution in [-0.4, -0.2) is 14.4 Å². The Bertz CT molecular complexity index is 519. The summed E-state index contributed by atoms with van der Waals surface area (Å²) in [5.41, 5.74) is 0.309. The minimum atomic E-state index is -2.78. The van der Waals surface area contributed by atoms with Crippen LogP contribution in [0.15, 0.2) is 22.6 Å². The number of halogens is 2. The van der Waals surface area contributed by atoms with Crippen LogP contribution in [0.3, 0.4) is 0 Å². The Labute approximate surface area is 96.7 Å². The van der Waals surface area contributed by atoms with Crippen LogP contribution < -0.4 is 5.32 Å². The summed E-state index contributed by atoms with van der Waals surface area (Å²) in [7, 11) is -2.78. The molecule has 0 aromatic heterocycles. The monoisotopic (exact) mass is 266 g/mol. The number of nitrogens with zero attached hydrogens (tertiary/aromatic N) is 1. The zero-order valence-electron chi connectivity index (χ0n) is 7.07. The van der Waals surface area contributed by atoms with Gasteiger partial charge >= 0.3 is 16.5 Å². The fraction of sp³-hybridized carbons (Fsp3) is 0. The van der Waals surface area contributed by atoms with E-state index < -0.39 is 16.5 Å². The molecule has 80 valence electrons. The summed E-state index contributed by atoms with van der Waals surface area (Å²) >= 11 is 11.3. The van der Waals surface area contributed by atoms with Crippen molar-refractivity contribution in [2.75, 3.05) is 5.32 Å². The average Bonchev–Trinajstić information content (AvgIpc) is 2.10.